The van der Waals surface area contributed by atoms with Crippen LogP contribution >= 0.6 is 0 Å². The fraction of sp³-hybridized carbons (Fsp3) is 0.296. The van der Waals surface area contributed by atoms with Crippen molar-refractivity contribution in [2.75, 3.05) is 5.32 Å². The Morgan fingerprint density at radius 1 is 0.889 bits per heavy atom. The molecule has 0 unspecified atom stereocenters. The lowest BCUT2D eigenvalue weighted by atomic mass is 10.0. The second kappa shape index (κ2) is 13.7. The highest BCUT2D eigenvalue weighted by Gasteiger charge is 2.25. The molecule has 0 fully saturated rings. The summed E-state index contributed by atoms with van der Waals surface area (Å²) >= 11 is 0. The van der Waals surface area contributed by atoms with Crippen molar-refractivity contribution < 1.29 is 24.7 Å². The summed E-state index contributed by atoms with van der Waals surface area (Å²) in [4.78, 5) is 36.0. The molecule has 36 heavy (non-hydrogen) atoms. The minimum absolute atomic E-state index is 0.227. The van der Waals surface area contributed by atoms with Crippen molar-refractivity contribution in [3.8, 4) is 23.7 Å². The number of benzene rings is 2. The number of nitrogens with two attached hydrogens (primary N) is 1. The van der Waals surface area contributed by atoms with Gasteiger partial charge in [-0.05, 0) is 79.6 Å². The Kier molecular flexibility index (Phi) is 10.7. The van der Waals surface area contributed by atoms with E-state index in [9.17, 15) is 19.5 Å². The van der Waals surface area contributed by atoms with E-state index in [1.165, 1.54) is 24.5 Å². The monoisotopic (exact) mass is 490 g/mol. The summed E-state index contributed by atoms with van der Waals surface area (Å²) in [6, 6.07) is 11.4. The smallest absolute Gasteiger partial charge is 0.268 e. The van der Waals surface area contributed by atoms with Gasteiger partial charge in [0, 0.05) is 22.4 Å². The predicted molar refractivity (Wildman–Crippen MR) is 136 cm³/mol. The third-order valence-corrected chi connectivity index (χ3v) is 5.00. The van der Waals surface area contributed by atoms with Gasteiger partial charge in [0.25, 0.3) is 11.8 Å². The molecule has 0 aliphatic heterocycles. The van der Waals surface area contributed by atoms with Crippen molar-refractivity contribution >= 4 is 23.4 Å². The molecule has 9 heteroatoms. The number of carbonyl (C=O) groups is 3. The standard InChI is InChI=1S/C27H30N4O5/c1-17(2)16-23(28)26(34)29-22-14-10-20(11-15-22)7-5-4-6-19-8-12-21(13-9-19)25(33)30-24(18(3)32)27(35)31-36/h8-15,17-18,23-24,32,36H,16,28H2,1-3H3,(H,29,34)(H,30,33)(H,31,35)/t18-,23+,24+/m1/s1. The molecule has 0 spiro atoms. The van der Waals surface area contributed by atoms with Gasteiger partial charge < -0.3 is 21.5 Å². The molecule has 0 bridgehead atoms. The van der Waals surface area contributed by atoms with E-state index in [2.05, 4.69) is 34.3 Å². The highest BCUT2D eigenvalue weighted by atomic mass is 16.5. The first-order chi connectivity index (χ1) is 17.1. The van der Waals surface area contributed by atoms with E-state index in [1.807, 2.05) is 13.8 Å². The average molecular weight is 491 g/mol. The molecule has 0 aliphatic rings. The Morgan fingerprint density at radius 2 is 1.42 bits per heavy atom. The molecular weight excluding hydrogens is 460 g/mol. The zero-order chi connectivity index (χ0) is 26.7. The van der Waals surface area contributed by atoms with E-state index in [1.54, 1.807) is 36.4 Å². The number of hydroxylamine groups is 1. The minimum atomic E-state index is -1.30. The van der Waals surface area contributed by atoms with Crippen molar-refractivity contribution in [2.24, 2.45) is 11.7 Å². The molecule has 0 saturated heterocycles. The van der Waals surface area contributed by atoms with Crippen LogP contribution in [0.1, 0.15) is 48.7 Å². The van der Waals surface area contributed by atoms with Gasteiger partial charge >= 0.3 is 0 Å². The van der Waals surface area contributed by atoms with Crippen LogP contribution < -0.4 is 21.8 Å². The number of nitrogens with one attached hydrogen (secondary N) is 3. The number of aliphatic hydroxyl groups is 1. The van der Waals surface area contributed by atoms with E-state index in [0.717, 1.165) is 5.56 Å². The maximum atomic E-state index is 12.3. The zero-order valence-electron chi connectivity index (χ0n) is 20.3. The van der Waals surface area contributed by atoms with Crippen LogP contribution in [0.2, 0.25) is 0 Å². The second-order valence-electron chi connectivity index (χ2n) is 8.55. The van der Waals surface area contributed by atoms with Gasteiger partial charge in [-0.25, -0.2) is 5.48 Å². The van der Waals surface area contributed by atoms with Gasteiger partial charge in [0.15, 0.2) is 0 Å². The molecule has 7 N–H and O–H groups in total. The number of rotatable bonds is 8. The third-order valence-electron chi connectivity index (χ3n) is 5.00. The summed E-state index contributed by atoms with van der Waals surface area (Å²) in [5, 5.41) is 23.5. The van der Waals surface area contributed by atoms with Crippen LogP contribution in [0.4, 0.5) is 5.69 Å². The number of anilines is 1. The maximum Gasteiger partial charge on any atom is 0.268 e. The first-order valence-electron chi connectivity index (χ1n) is 11.3. The highest BCUT2D eigenvalue weighted by Crippen LogP contribution is 2.11. The lowest BCUT2D eigenvalue weighted by Crippen LogP contribution is -2.51. The molecule has 0 radical (unpaired) electrons. The Morgan fingerprint density at radius 3 is 1.89 bits per heavy atom. The van der Waals surface area contributed by atoms with Gasteiger partial charge in [-0.1, -0.05) is 25.7 Å². The summed E-state index contributed by atoms with van der Waals surface area (Å²) < 4.78 is 0. The number of aliphatic hydroxyl groups excluding tert-OH is 1. The summed E-state index contributed by atoms with van der Waals surface area (Å²) in [5.41, 5.74) is 9.53. The molecule has 3 amide bonds. The van der Waals surface area contributed by atoms with Crippen molar-refractivity contribution in [1.82, 2.24) is 10.8 Å². The van der Waals surface area contributed by atoms with Crippen LogP contribution in [0.3, 0.4) is 0 Å². The summed E-state index contributed by atoms with van der Waals surface area (Å²) in [6.45, 7) is 5.34. The maximum absolute atomic E-state index is 12.3. The molecule has 2 aromatic carbocycles. The average Bonchev–Trinajstić information content (AvgIpc) is 2.85. The Bertz CT molecular complexity index is 1180. The number of hydrogen-bond donors (Lipinski definition) is 6. The topological polar surface area (TPSA) is 154 Å². The largest absolute Gasteiger partial charge is 0.391 e. The first kappa shape index (κ1) is 28.1. The second-order valence-corrected chi connectivity index (χ2v) is 8.55. The zero-order valence-corrected chi connectivity index (χ0v) is 20.3. The van der Waals surface area contributed by atoms with Crippen LogP contribution in [-0.4, -0.2) is 46.2 Å². The fourth-order valence-electron chi connectivity index (χ4n) is 3.10. The quantitative estimate of drug-likeness (QED) is 0.187. The van der Waals surface area contributed by atoms with Crippen molar-refractivity contribution in [3.05, 3.63) is 65.2 Å². The van der Waals surface area contributed by atoms with Crippen LogP contribution in [0.5, 0.6) is 0 Å². The summed E-state index contributed by atoms with van der Waals surface area (Å²) in [5.74, 6) is 9.86. The van der Waals surface area contributed by atoms with E-state index < -0.39 is 30.0 Å². The molecule has 9 nitrogen and oxygen atoms in total. The summed E-state index contributed by atoms with van der Waals surface area (Å²) in [7, 11) is 0. The SMILES string of the molecule is CC(C)C[C@H](N)C(=O)Nc1ccc(C#CC#Cc2ccc(C(=O)N[C@H](C(=O)NO)[C@@H](C)O)cc2)cc1. The molecular formula is C27H30N4O5. The van der Waals surface area contributed by atoms with Gasteiger partial charge in [-0.15, -0.1) is 0 Å². The first-order valence-corrected chi connectivity index (χ1v) is 11.3. The lowest BCUT2D eigenvalue weighted by Gasteiger charge is -2.19. The van der Waals surface area contributed by atoms with E-state index in [4.69, 9.17) is 10.9 Å². The Labute approximate surface area is 210 Å². The van der Waals surface area contributed by atoms with Crippen molar-refractivity contribution in [2.45, 2.75) is 45.4 Å². The van der Waals surface area contributed by atoms with Crippen molar-refractivity contribution in [3.63, 3.8) is 0 Å². The van der Waals surface area contributed by atoms with Crippen LogP contribution in [0.15, 0.2) is 48.5 Å². The summed E-state index contributed by atoms with van der Waals surface area (Å²) in [6.07, 6.45) is -0.593. The van der Waals surface area contributed by atoms with E-state index in [-0.39, 0.29) is 11.5 Å². The minimum Gasteiger partial charge on any atom is -0.391 e. The number of hydrogen-bond acceptors (Lipinski definition) is 6. The van der Waals surface area contributed by atoms with Crippen LogP contribution in [0, 0.1) is 29.6 Å². The predicted octanol–water partition coefficient (Wildman–Crippen LogP) is 1.39. The third kappa shape index (κ3) is 8.90. The molecule has 0 aliphatic carbocycles. The lowest BCUT2D eigenvalue weighted by molar-refractivity contribution is -0.133. The van der Waals surface area contributed by atoms with Gasteiger partial charge in [-0.3, -0.25) is 19.6 Å². The molecule has 2 rings (SSSR count). The van der Waals surface area contributed by atoms with E-state index in [0.29, 0.717) is 23.6 Å². The molecule has 188 valence electrons. The normalized spacial score (nSPS) is 12.6. The molecule has 0 heterocycles. The van der Waals surface area contributed by atoms with Gasteiger partial charge in [0.1, 0.15) is 6.04 Å². The molecule has 2 aromatic rings. The molecule has 0 aromatic heterocycles. The molecule has 3 atom stereocenters. The van der Waals surface area contributed by atoms with Gasteiger partial charge in [-0.2, -0.15) is 0 Å². The number of carbonyl (C=O) groups excluding carboxylic acids is 3. The van der Waals surface area contributed by atoms with Crippen molar-refractivity contribution in [1.29, 1.82) is 0 Å². The number of amides is 3. The molecule has 0 saturated carbocycles. The Balaban J connectivity index is 1.95. The van der Waals surface area contributed by atoms with E-state index >= 15 is 0 Å². The van der Waals surface area contributed by atoms with Crippen LogP contribution in [-0.2, 0) is 9.59 Å². The highest BCUT2D eigenvalue weighted by molar-refractivity contribution is 5.97. The van der Waals surface area contributed by atoms with Crippen LogP contribution in [0.25, 0.3) is 0 Å². The Hall–Kier alpha value is -4.15. The van der Waals surface area contributed by atoms with Gasteiger partial charge in [0.05, 0.1) is 12.1 Å². The van der Waals surface area contributed by atoms with Gasteiger partial charge in [0.2, 0.25) is 5.91 Å². The fourth-order valence-corrected chi connectivity index (χ4v) is 3.10.